The van der Waals surface area contributed by atoms with E-state index in [4.69, 9.17) is 9.15 Å². The normalized spacial score (nSPS) is 25.7. The lowest BCUT2D eigenvalue weighted by Gasteiger charge is -2.30. The lowest BCUT2D eigenvalue weighted by atomic mass is 10.1. The molecule has 2 saturated heterocycles. The molecule has 4 heterocycles. The van der Waals surface area contributed by atoms with Crippen molar-refractivity contribution < 1.29 is 9.15 Å². The standard InChI is InChI=1S/C17H25N5O2/c1-2-22-17(18-13-19-22)9-21-7-15-6-20(5-14-3-4-23-10-14)8-16(21)12-24-11-15/h3-4,10,13,15-16H,2,5-9,11-12H2,1H3/t15-,16-/m0/s1. The zero-order valence-electron chi connectivity index (χ0n) is 14.2. The lowest BCUT2D eigenvalue weighted by Crippen LogP contribution is -2.43. The minimum Gasteiger partial charge on any atom is -0.472 e. The molecule has 0 saturated carbocycles. The van der Waals surface area contributed by atoms with Crippen LogP contribution in [0.4, 0.5) is 0 Å². The quantitative estimate of drug-likeness (QED) is 0.821. The predicted molar refractivity (Wildman–Crippen MR) is 88.2 cm³/mol. The number of aromatic nitrogens is 3. The average Bonchev–Trinajstić information content (AvgIpc) is 3.15. The van der Waals surface area contributed by atoms with E-state index in [-0.39, 0.29) is 0 Å². The summed E-state index contributed by atoms with van der Waals surface area (Å²) in [6.45, 7) is 9.53. The van der Waals surface area contributed by atoms with E-state index in [9.17, 15) is 0 Å². The Morgan fingerprint density at radius 3 is 3.00 bits per heavy atom. The third kappa shape index (κ3) is 3.38. The summed E-state index contributed by atoms with van der Waals surface area (Å²) in [5.74, 6) is 1.58. The van der Waals surface area contributed by atoms with Gasteiger partial charge >= 0.3 is 0 Å². The van der Waals surface area contributed by atoms with Crippen molar-refractivity contribution in [1.82, 2.24) is 24.6 Å². The van der Waals surface area contributed by atoms with Gasteiger partial charge in [-0.25, -0.2) is 9.67 Å². The number of aryl methyl sites for hydroxylation is 1. The van der Waals surface area contributed by atoms with E-state index >= 15 is 0 Å². The molecule has 2 aliphatic heterocycles. The summed E-state index contributed by atoms with van der Waals surface area (Å²) in [7, 11) is 0. The van der Waals surface area contributed by atoms with E-state index in [1.54, 1.807) is 12.6 Å². The van der Waals surface area contributed by atoms with Gasteiger partial charge in [0.1, 0.15) is 12.2 Å². The maximum absolute atomic E-state index is 5.92. The predicted octanol–water partition coefficient (Wildman–Crippen LogP) is 1.22. The summed E-state index contributed by atoms with van der Waals surface area (Å²) >= 11 is 0. The van der Waals surface area contributed by atoms with Crippen LogP contribution in [0.2, 0.25) is 0 Å². The Kier molecular flexibility index (Phi) is 4.64. The van der Waals surface area contributed by atoms with Gasteiger partial charge in [0, 0.05) is 50.2 Å². The van der Waals surface area contributed by atoms with Crippen molar-refractivity contribution in [2.45, 2.75) is 32.6 Å². The number of hydrogen-bond acceptors (Lipinski definition) is 6. The Balaban J connectivity index is 1.48. The highest BCUT2D eigenvalue weighted by Gasteiger charge is 2.33. The first-order valence-electron chi connectivity index (χ1n) is 8.73. The molecule has 0 unspecified atom stereocenters. The molecule has 0 aliphatic carbocycles. The van der Waals surface area contributed by atoms with Crippen molar-refractivity contribution in [3.8, 4) is 0 Å². The lowest BCUT2D eigenvalue weighted by molar-refractivity contribution is 0.0464. The molecule has 0 amide bonds. The first-order valence-corrected chi connectivity index (χ1v) is 8.73. The number of furan rings is 1. The van der Waals surface area contributed by atoms with E-state index in [1.165, 1.54) is 5.56 Å². The molecule has 0 spiro atoms. The van der Waals surface area contributed by atoms with Crippen LogP contribution in [0.3, 0.4) is 0 Å². The molecule has 7 nitrogen and oxygen atoms in total. The monoisotopic (exact) mass is 331 g/mol. The summed E-state index contributed by atoms with van der Waals surface area (Å²) < 4.78 is 13.1. The molecule has 2 bridgehead atoms. The van der Waals surface area contributed by atoms with Gasteiger partial charge < -0.3 is 9.15 Å². The highest BCUT2D eigenvalue weighted by molar-refractivity contribution is 5.05. The van der Waals surface area contributed by atoms with Crippen LogP contribution in [0.15, 0.2) is 29.3 Å². The SMILES string of the molecule is CCn1ncnc1CN1C[C@H]2COC[C@@H]1CN(Cc1ccoc1)C2. The van der Waals surface area contributed by atoms with Crippen LogP contribution in [0, 0.1) is 5.92 Å². The first-order chi connectivity index (χ1) is 11.8. The van der Waals surface area contributed by atoms with Gasteiger partial charge in [-0.15, -0.1) is 0 Å². The van der Waals surface area contributed by atoms with E-state index in [0.717, 1.165) is 58.3 Å². The molecule has 2 aliphatic rings. The number of hydrogen-bond donors (Lipinski definition) is 0. The molecular weight excluding hydrogens is 306 g/mol. The molecule has 0 aromatic carbocycles. The van der Waals surface area contributed by atoms with Gasteiger partial charge in [0.25, 0.3) is 0 Å². The van der Waals surface area contributed by atoms with Gasteiger partial charge in [0.15, 0.2) is 0 Å². The van der Waals surface area contributed by atoms with Gasteiger partial charge in [0.05, 0.1) is 32.3 Å². The van der Waals surface area contributed by atoms with Crippen molar-refractivity contribution >= 4 is 0 Å². The topological polar surface area (TPSA) is 59.6 Å². The van der Waals surface area contributed by atoms with Crippen molar-refractivity contribution in [2.24, 2.45) is 5.92 Å². The summed E-state index contributed by atoms with van der Waals surface area (Å²) in [5.41, 5.74) is 1.24. The van der Waals surface area contributed by atoms with Crippen molar-refractivity contribution in [3.63, 3.8) is 0 Å². The minimum atomic E-state index is 0.395. The van der Waals surface area contributed by atoms with Crippen LogP contribution >= 0.6 is 0 Å². The van der Waals surface area contributed by atoms with Gasteiger partial charge in [-0.1, -0.05) is 0 Å². The van der Waals surface area contributed by atoms with Gasteiger partial charge in [-0.05, 0) is 13.0 Å². The van der Waals surface area contributed by atoms with E-state index in [0.29, 0.717) is 12.0 Å². The molecule has 2 fully saturated rings. The maximum atomic E-state index is 5.92. The number of fused-ring (bicyclic) bond motifs is 3. The maximum Gasteiger partial charge on any atom is 0.141 e. The Hall–Kier alpha value is -1.70. The fraction of sp³-hybridized carbons (Fsp3) is 0.647. The van der Waals surface area contributed by atoms with Crippen molar-refractivity contribution in [3.05, 3.63) is 36.3 Å². The zero-order chi connectivity index (χ0) is 16.4. The van der Waals surface area contributed by atoms with Crippen LogP contribution in [-0.4, -0.2) is 63.5 Å². The van der Waals surface area contributed by atoms with Crippen LogP contribution in [-0.2, 0) is 24.4 Å². The van der Waals surface area contributed by atoms with E-state index in [2.05, 4.69) is 32.9 Å². The fourth-order valence-electron chi connectivity index (χ4n) is 3.85. The molecule has 2 aromatic rings. The van der Waals surface area contributed by atoms with Crippen molar-refractivity contribution in [2.75, 3.05) is 32.8 Å². The molecule has 2 atom stereocenters. The van der Waals surface area contributed by atoms with Crippen molar-refractivity contribution in [1.29, 1.82) is 0 Å². The van der Waals surface area contributed by atoms with Crippen LogP contribution in [0.1, 0.15) is 18.3 Å². The van der Waals surface area contributed by atoms with Crippen LogP contribution < -0.4 is 0 Å². The Morgan fingerprint density at radius 1 is 1.21 bits per heavy atom. The second kappa shape index (κ2) is 7.04. The second-order valence-corrected chi connectivity index (χ2v) is 6.80. The third-order valence-corrected chi connectivity index (χ3v) is 4.98. The number of rotatable bonds is 5. The molecule has 7 heteroatoms. The molecule has 4 rings (SSSR count). The molecule has 0 radical (unpaired) electrons. The molecule has 130 valence electrons. The molecular formula is C17H25N5O2. The zero-order valence-corrected chi connectivity index (χ0v) is 14.2. The Bertz CT molecular complexity index is 641. The summed E-state index contributed by atoms with van der Waals surface area (Å²) in [6.07, 6.45) is 5.25. The van der Waals surface area contributed by atoms with E-state index < -0.39 is 0 Å². The van der Waals surface area contributed by atoms with Gasteiger partial charge in [-0.3, -0.25) is 9.80 Å². The highest BCUT2D eigenvalue weighted by atomic mass is 16.5. The van der Waals surface area contributed by atoms with E-state index in [1.807, 2.05) is 10.9 Å². The second-order valence-electron chi connectivity index (χ2n) is 6.80. The number of ether oxygens (including phenoxy) is 1. The summed E-state index contributed by atoms with van der Waals surface area (Å²) in [6, 6.07) is 2.45. The minimum absolute atomic E-state index is 0.395. The third-order valence-electron chi connectivity index (χ3n) is 4.98. The Labute approximate surface area is 142 Å². The van der Waals surface area contributed by atoms with Crippen LogP contribution in [0.5, 0.6) is 0 Å². The van der Waals surface area contributed by atoms with Crippen LogP contribution in [0.25, 0.3) is 0 Å². The first kappa shape index (κ1) is 15.8. The molecule has 24 heavy (non-hydrogen) atoms. The summed E-state index contributed by atoms with van der Waals surface area (Å²) in [4.78, 5) is 9.52. The molecule has 2 aromatic heterocycles. The summed E-state index contributed by atoms with van der Waals surface area (Å²) in [5, 5.41) is 4.30. The van der Waals surface area contributed by atoms with Gasteiger partial charge in [0.2, 0.25) is 0 Å². The number of nitrogens with zero attached hydrogens (tertiary/aromatic N) is 5. The Morgan fingerprint density at radius 2 is 2.17 bits per heavy atom. The smallest absolute Gasteiger partial charge is 0.141 e. The fourth-order valence-corrected chi connectivity index (χ4v) is 3.85. The highest BCUT2D eigenvalue weighted by Crippen LogP contribution is 2.22. The van der Waals surface area contributed by atoms with Gasteiger partial charge in [-0.2, -0.15) is 5.10 Å². The average molecular weight is 331 g/mol. The largest absolute Gasteiger partial charge is 0.472 e. The molecule has 0 N–H and O–H groups in total.